The summed E-state index contributed by atoms with van der Waals surface area (Å²) in [6.07, 6.45) is 0. The van der Waals surface area contributed by atoms with Crippen LogP contribution in [0.3, 0.4) is 0 Å². The summed E-state index contributed by atoms with van der Waals surface area (Å²) in [6, 6.07) is 13.8. The number of aromatic nitrogens is 1. The second kappa shape index (κ2) is 6.37. The number of ketones is 1. The number of benzene rings is 2. The molecule has 0 unspecified atom stereocenters. The number of carbonyl (C=O) groups is 2. The standard InChI is InChI=1S/C18H16ClN3O2/c1-22(2)18(24)21-15-13-9-8-12(19)10-14(13)20-16(15)17(23)11-6-4-3-5-7-11/h3-10,20H,1-2H3,(H,21,24). The third-order valence-electron chi connectivity index (χ3n) is 3.66. The molecule has 6 heteroatoms. The molecule has 0 aliphatic heterocycles. The maximum Gasteiger partial charge on any atom is 0.321 e. The fourth-order valence-electron chi connectivity index (χ4n) is 2.42. The van der Waals surface area contributed by atoms with Gasteiger partial charge in [-0.25, -0.2) is 4.79 Å². The molecule has 2 amide bonds. The number of hydrogen-bond acceptors (Lipinski definition) is 2. The largest absolute Gasteiger partial charge is 0.350 e. The van der Waals surface area contributed by atoms with Gasteiger partial charge in [0.1, 0.15) is 5.69 Å². The Morgan fingerprint density at radius 3 is 2.46 bits per heavy atom. The highest BCUT2D eigenvalue weighted by molar-refractivity contribution is 6.31. The van der Waals surface area contributed by atoms with E-state index in [1.54, 1.807) is 56.6 Å². The van der Waals surface area contributed by atoms with Crippen LogP contribution in [0.15, 0.2) is 48.5 Å². The van der Waals surface area contributed by atoms with Gasteiger partial charge in [-0.05, 0) is 18.2 Å². The lowest BCUT2D eigenvalue weighted by molar-refractivity contribution is 0.103. The number of nitrogens with zero attached hydrogens (tertiary/aromatic N) is 1. The number of urea groups is 1. The zero-order chi connectivity index (χ0) is 17.3. The maximum atomic E-state index is 12.8. The van der Waals surface area contributed by atoms with Gasteiger partial charge < -0.3 is 15.2 Å². The monoisotopic (exact) mass is 341 g/mol. The summed E-state index contributed by atoms with van der Waals surface area (Å²) in [4.78, 5) is 29.4. The van der Waals surface area contributed by atoms with E-state index in [9.17, 15) is 9.59 Å². The Morgan fingerprint density at radius 2 is 1.79 bits per heavy atom. The van der Waals surface area contributed by atoms with E-state index in [4.69, 9.17) is 11.6 Å². The lowest BCUT2D eigenvalue weighted by Gasteiger charge is -2.12. The fraction of sp³-hybridized carbons (Fsp3) is 0.111. The van der Waals surface area contributed by atoms with Crippen molar-refractivity contribution >= 4 is 40.0 Å². The topological polar surface area (TPSA) is 65.2 Å². The number of rotatable bonds is 3. The number of hydrogen-bond donors (Lipinski definition) is 2. The first-order chi connectivity index (χ1) is 11.5. The molecule has 24 heavy (non-hydrogen) atoms. The molecule has 0 saturated carbocycles. The summed E-state index contributed by atoms with van der Waals surface area (Å²) >= 11 is 6.03. The number of aromatic amines is 1. The number of nitrogens with one attached hydrogen (secondary N) is 2. The predicted octanol–water partition coefficient (Wildman–Crippen LogP) is 4.15. The molecule has 1 aromatic heterocycles. The van der Waals surface area contributed by atoms with Crippen molar-refractivity contribution in [3.05, 3.63) is 64.8 Å². The van der Waals surface area contributed by atoms with E-state index in [2.05, 4.69) is 10.3 Å². The molecule has 2 aromatic carbocycles. The molecular weight excluding hydrogens is 326 g/mol. The minimum absolute atomic E-state index is 0.197. The number of fused-ring (bicyclic) bond motifs is 1. The zero-order valence-electron chi connectivity index (χ0n) is 13.3. The van der Waals surface area contributed by atoms with Crippen molar-refractivity contribution in [3.63, 3.8) is 0 Å². The van der Waals surface area contributed by atoms with E-state index in [1.807, 2.05) is 6.07 Å². The predicted molar refractivity (Wildman–Crippen MR) is 95.9 cm³/mol. The third-order valence-corrected chi connectivity index (χ3v) is 3.90. The van der Waals surface area contributed by atoms with Gasteiger partial charge in [-0.1, -0.05) is 41.9 Å². The van der Waals surface area contributed by atoms with Crippen LogP contribution in [0.25, 0.3) is 10.9 Å². The summed E-state index contributed by atoms with van der Waals surface area (Å²) in [7, 11) is 3.28. The molecule has 0 atom stereocenters. The van der Waals surface area contributed by atoms with Gasteiger partial charge in [0.05, 0.1) is 5.69 Å². The summed E-state index contributed by atoms with van der Waals surface area (Å²) < 4.78 is 0. The van der Waals surface area contributed by atoms with Crippen LogP contribution in [0.1, 0.15) is 16.1 Å². The molecule has 0 radical (unpaired) electrons. The molecule has 3 rings (SSSR count). The molecule has 2 N–H and O–H groups in total. The van der Waals surface area contributed by atoms with Crippen molar-refractivity contribution in [1.29, 1.82) is 0 Å². The minimum atomic E-state index is -0.312. The highest BCUT2D eigenvalue weighted by Gasteiger charge is 2.21. The van der Waals surface area contributed by atoms with Crippen LogP contribution in [-0.4, -0.2) is 35.8 Å². The van der Waals surface area contributed by atoms with Gasteiger partial charge >= 0.3 is 6.03 Å². The fourth-order valence-corrected chi connectivity index (χ4v) is 2.59. The molecule has 122 valence electrons. The molecule has 3 aromatic rings. The molecule has 0 aliphatic carbocycles. The number of carbonyl (C=O) groups excluding carboxylic acids is 2. The molecule has 5 nitrogen and oxygen atoms in total. The van der Waals surface area contributed by atoms with Crippen LogP contribution < -0.4 is 5.32 Å². The van der Waals surface area contributed by atoms with E-state index in [0.717, 1.165) is 5.39 Å². The van der Waals surface area contributed by atoms with Crippen LogP contribution in [0, 0.1) is 0 Å². The van der Waals surface area contributed by atoms with Crippen LogP contribution in [-0.2, 0) is 0 Å². The van der Waals surface area contributed by atoms with Crippen molar-refractivity contribution in [2.75, 3.05) is 19.4 Å². The van der Waals surface area contributed by atoms with Crippen LogP contribution in [0.5, 0.6) is 0 Å². The average Bonchev–Trinajstić information content (AvgIpc) is 2.92. The molecular formula is C18H16ClN3O2. The minimum Gasteiger partial charge on any atom is -0.350 e. The van der Waals surface area contributed by atoms with Gasteiger partial charge in [-0.3, -0.25) is 4.79 Å². The number of H-pyrrole nitrogens is 1. The Balaban J connectivity index is 2.15. The summed E-state index contributed by atoms with van der Waals surface area (Å²) in [5, 5.41) is 4.07. The normalized spacial score (nSPS) is 10.6. The second-order valence-corrected chi connectivity index (χ2v) is 6.02. The van der Waals surface area contributed by atoms with Crippen molar-refractivity contribution in [1.82, 2.24) is 9.88 Å². The van der Waals surface area contributed by atoms with Crippen molar-refractivity contribution in [3.8, 4) is 0 Å². The molecule has 0 aliphatic rings. The number of amides is 2. The van der Waals surface area contributed by atoms with Crippen molar-refractivity contribution in [2.45, 2.75) is 0 Å². The Labute approximate surface area is 144 Å². The summed E-state index contributed by atoms with van der Waals surface area (Å²) in [5.74, 6) is -0.197. The second-order valence-electron chi connectivity index (χ2n) is 5.58. The zero-order valence-corrected chi connectivity index (χ0v) is 14.0. The van der Waals surface area contributed by atoms with Crippen LogP contribution >= 0.6 is 11.6 Å². The van der Waals surface area contributed by atoms with Crippen LogP contribution in [0.2, 0.25) is 5.02 Å². The summed E-state index contributed by atoms with van der Waals surface area (Å²) in [5.41, 5.74) is 2.01. The number of halogens is 1. The molecule has 0 fully saturated rings. The number of anilines is 1. The maximum absolute atomic E-state index is 12.8. The SMILES string of the molecule is CN(C)C(=O)Nc1c(C(=O)c2ccccc2)[nH]c2cc(Cl)ccc12. The van der Waals surface area contributed by atoms with E-state index >= 15 is 0 Å². The smallest absolute Gasteiger partial charge is 0.321 e. The average molecular weight is 342 g/mol. The van der Waals surface area contributed by atoms with Gasteiger partial charge in [0, 0.05) is 35.6 Å². The van der Waals surface area contributed by atoms with Gasteiger partial charge in [-0.2, -0.15) is 0 Å². The Kier molecular flexibility index (Phi) is 4.27. The quantitative estimate of drug-likeness (QED) is 0.703. The molecule has 1 heterocycles. The van der Waals surface area contributed by atoms with Crippen molar-refractivity contribution in [2.24, 2.45) is 0 Å². The first kappa shape index (κ1) is 16.1. The third kappa shape index (κ3) is 2.98. The Morgan fingerprint density at radius 1 is 1.08 bits per heavy atom. The first-order valence-corrected chi connectivity index (χ1v) is 7.74. The van der Waals surface area contributed by atoms with Crippen LogP contribution in [0.4, 0.5) is 10.5 Å². The van der Waals surface area contributed by atoms with Gasteiger partial charge in [0.25, 0.3) is 0 Å². The van der Waals surface area contributed by atoms with Gasteiger partial charge in [0.15, 0.2) is 0 Å². The molecule has 0 spiro atoms. The highest BCUT2D eigenvalue weighted by Crippen LogP contribution is 2.31. The van der Waals surface area contributed by atoms with E-state index in [0.29, 0.717) is 27.5 Å². The van der Waals surface area contributed by atoms with E-state index < -0.39 is 0 Å². The van der Waals surface area contributed by atoms with Crippen molar-refractivity contribution < 1.29 is 9.59 Å². The van der Waals surface area contributed by atoms with E-state index in [-0.39, 0.29) is 11.8 Å². The van der Waals surface area contributed by atoms with E-state index in [1.165, 1.54) is 4.90 Å². The highest BCUT2D eigenvalue weighted by atomic mass is 35.5. The Bertz CT molecular complexity index is 917. The summed E-state index contributed by atoms with van der Waals surface area (Å²) in [6.45, 7) is 0. The molecule has 0 bridgehead atoms. The lowest BCUT2D eigenvalue weighted by Crippen LogP contribution is -2.28. The van der Waals surface area contributed by atoms with Gasteiger partial charge in [0.2, 0.25) is 5.78 Å². The Hall–Kier alpha value is -2.79. The lowest BCUT2D eigenvalue weighted by atomic mass is 10.1. The first-order valence-electron chi connectivity index (χ1n) is 7.36. The molecule has 0 saturated heterocycles. The van der Waals surface area contributed by atoms with Gasteiger partial charge in [-0.15, -0.1) is 0 Å².